The Morgan fingerprint density at radius 3 is 2.45 bits per heavy atom. The summed E-state index contributed by atoms with van der Waals surface area (Å²) in [5.74, 6) is 1.34. The molecule has 0 unspecified atom stereocenters. The largest absolute Gasteiger partial charge is 0.481 e. The number of ketones is 1. The van der Waals surface area contributed by atoms with Crippen LogP contribution in [-0.2, 0) is 9.59 Å². The Hall–Kier alpha value is -1.12. The second-order valence-electron chi connectivity index (χ2n) is 11.3. The number of carboxylic acids is 1. The first-order valence-corrected chi connectivity index (χ1v) is 12.0. The normalized spacial score (nSPS) is 40.8. The van der Waals surface area contributed by atoms with E-state index >= 15 is 0 Å². The lowest BCUT2D eigenvalue weighted by molar-refractivity contribution is -0.159. The maximum absolute atomic E-state index is 12.8. The number of fused-ring (bicyclic) bond motifs is 1. The molecule has 0 aromatic carbocycles. The predicted molar refractivity (Wildman–Crippen MR) is 118 cm³/mol. The molecule has 0 amide bonds. The summed E-state index contributed by atoms with van der Waals surface area (Å²) in [6.45, 7) is 11.4. The molecule has 0 aromatic rings. The van der Waals surface area contributed by atoms with E-state index in [0.717, 1.165) is 44.4 Å². The third kappa shape index (κ3) is 4.08. The van der Waals surface area contributed by atoms with E-state index in [1.165, 1.54) is 19.3 Å². The molecular formula is C26H42O3. The van der Waals surface area contributed by atoms with Crippen molar-refractivity contribution in [2.75, 3.05) is 0 Å². The first-order chi connectivity index (χ1) is 13.6. The average Bonchev–Trinajstić information content (AvgIpc) is 2.99. The molecule has 0 bridgehead atoms. The first kappa shape index (κ1) is 22.6. The second kappa shape index (κ2) is 8.55. The van der Waals surface area contributed by atoms with Gasteiger partial charge in [-0.3, -0.25) is 9.59 Å². The Bertz CT molecular complexity index is 650. The van der Waals surface area contributed by atoms with Gasteiger partial charge in [-0.25, -0.2) is 0 Å². The standard InChI is InChI=1S/C26H42O3/c1-17(2)9-8-10-18(3)19-12-13-20-23(24(28)29)21(14-16-25(19,20)4)26(5)15-7-6-11-22(26)27/h6,11,17-21,23H,7-10,12-16H2,1-5H3,(H,28,29)/t18-,19-,20+,21+,23-,25-,26+/m0/s1. The highest BCUT2D eigenvalue weighted by molar-refractivity contribution is 5.96. The lowest BCUT2D eigenvalue weighted by atomic mass is 9.50. The number of rotatable bonds is 7. The van der Waals surface area contributed by atoms with Gasteiger partial charge in [0.2, 0.25) is 0 Å². The Labute approximate surface area is 177 Å². The van der Waals surface area contributed by atoms with Crippen molar-refractivity contribution in [3.63, 3.8) is 0 Å². The van der Waals surface area contributed by atoms with Crippen LogP contribution in [0.4, 0.5) is 0 Å². The Kier molecular flexibility index (Phi) is 6.65. The SMILES string of the molecule is CC(C)CCC[C@H](C)[C@@H]1CC[C@@H]2[C@H](C(=O)O)[C@H]([C@@]3(C)CCC=CC3=O)CC[C@]21C. The van der Waals surface area contributed by atoms with Crippen LogP contribution in [0.25, 0.3) is 0 Å². The molecular weight excluding hydrogens is 360 g/mol. The number of carboxylic acid groups (broad SMARTS) is 1. The number of hydrogen-bond acceptors (Lipinski definition) is 2. The fourth-order valence-corrected chi connectivity index (χ4v) is 7.48. The van der Waals surface area contributed by atoms with Gasteiger partial charge in [0.15, 0.2) is 5.78 Å². The predicted octanol–water partition coefficient (Wildman–Crippen LogP) is 6.52. The molecule has 0 saturated heterocycles. The monoisotopic (exact) mass is 402 g/mol. The minimum atomic E-state index is -0.664. The molecule has 2 saturated carbocycles. The van der Waals surface area contributed by atoms with Gasteiger partial charge in [-0.1, -0.05) is 60.0 Å². The van der Waals surface area contributed by atoms with Crippen LogP contribution in [0.2, 0.25) is 0 Å². The van der Waals surface area contributed by atoms with Gasteiger partial charge in [0, 0.05) is 5.41 Å². The summed E-state index contributed by atoms with van der Waals surface area (Å²) in [7, 11) is 0. The quantitative estimate of drug-likeness (QED) is 0.527. The van der Waals surface area contributed by atoms with E-state index in [1.807, 2.05) is 13.0 Å². The molecule has 0 spiro atoms. The van der Waals surface area contributed by atoms with Crippen LogP contribution in [0.3, 0.4) is 0 Å². The van der Waals surface area contributed by atoms with Crippen LogP contribution >= 0.6 is 0 Å². The molecule has 3 heteroatoms. The molecule has 0 radical (unpaired) electrons. The summed E-state index contributed by atoms with van der Waals surface area (Å²) < 4.78 is 0. The molecule has 3 rings (SSSR count). The molecule has 2 fully saturated rings. The van der Waals surface area contributed by atoms with Crippen molar-refractivity contribution in [1.82, 2.24) is 0 Å². The van der Waals surface area contributed by atoms with E-state index in [4.69, 9.17) is 0 Å². The van der Waals surface area contributed by atoms with Crippen LogP contribution in [0.5, 0.6) is 0 Å². The van der Waals surface area contributed by atoms with Crippen molar-refractivity contribution in [2.24, 2.45) is 46.3 Å². The van der Waals surface area contributed by atoms with Gasteiger partial charge in [0.05, 0.1) is 5.92 Å². The zero-order chi connectivity index (χ0) is 21.4. The highest BCUT2D eigenvalue weighted by Gasteiger charge is 2.60. The number of hydrogen-bond donors (Lipinski definition) is 1. The smallest absolute Gasteiger partial charge is 0.307 e. The summed E-state index contributed by atoms with van der Waals surface area (Å²) in [6.07, 6.45) is 13.3. The molecule has 29 heavy (non-hydrogen) atoms. The van der Waals surface area contributed by atoms with E-state index < -0.39 is 11.4 Å². The molecule has 3 aliphatic rings. The van der Waals surface area contributed by atoms with Crippen molar-refractivity contribution >= 4 is 11.8 Å². The van der Waals surface area contributed by atoms with E-state index in [1.54, 1.807) is 6.08 Å². The van der Waals surface area contributed by atoms with Gasteiger partial charge < -0.3 is 5.11 Å². The second-order valence-corrected chi connectivity index (χ2v) is 11.3. The maximum Gasteiger partial charge on any atom is 0.307 e. The fourth-order valence-electron chi connectivity index (χ4n) is 7.48. The highest BCUT2D eigenvalue weighted by atomic mass is 16.4. The van der Waals surface area contributed by atoms with Gasteiger partial charge in [-0.05, 0) is 79.6 Å². The van der Waals surface area contributed by atoms with Crippen LogP contribution in [-0.4, -0.2) is 16.9 Å². The fraction of sp³-hybridized carbons (Fsp3) is 0.846. The molecule has 0 aromatic heterocycles. The van der Waals surface area contributed by atoms with E-state index in [0.29, 0.717) is 11.8 Å². The number of aliphatic carboxylic acids is 1. The topological polar surface area (TPSA) is 54.4 Å². The summed E-state index contributed by atoms with van der Waals surface area (Å²) in [5, 5.41) is 10.3. The Morgan fingerprint density at radius 2 is 1.83 bits per heavy atom. The van der Waals surface area contributed by atoms with E-state index in [9.17, 15) is 14.7 Å². The summed E-state index contributed by atoms with van der Waals surface area (Å²) in [4.78, 5) is 25.4. The third-order valence-electron chi connectivity index (χ3n) is 9.24. The van der Waals surface area contributed by atoms with Crippen molar-refractivity contribution in [2.45, 2.75) is 92.4 Å². The minimum absolute atomic E-state index is 0.0227. The highest BCUT2D eigenvalue weighted by Crippen LogP contribution is 2.64. The zero-order valence-corrected chi connectivity index (χ0v) is 19.2. The number of allylic oxidation sites excluding steroid dienone is 2. The van der Waals surface area contributed by atoms with Gasteiger partial charge in [-0.2, -0.15) is 0 Å². The van der Waals surface area contributed by atoms with Gasteiger partial charge in [0.1, 0.15) is 0 Å². The first-order valence-electron chi connectivity index (χ1n) is 12.0. The van der Waals surface area contributed by atoms with Crippen LogP contribution in [0.1, 0.15) is 92.4 Å². The van der Waals surface area contributed by atoms with Gasteiger partial charge in [-0.15, -0.1) is 0 Å². The van der Waals surface area contributed by atoms with Crippen LogP contribution in [0, 0.1) is 46.3 Å². The average molecular weight is 403 g/mol. The molecule has 164 valence electrons. The van der Waals surface area contributed by atoms with Crippen molar-refractivity contribution < 1.29 is 14.7 Å². The summed E-state index contributed by atoms with van der Waals surface area (Å²) in [5.41, 5.74) is -0.388. The molecule has 3 aliphatic carbocycles. The molecule has 0 heterocycles. The third-order valence-corrected chi connectivity index (χ3v) is 9.24. The lowest BCUT2D eigenvalue weighted by Crippen LogP contribution is -2.52. The van der Waals surface area contributed by atoms with Gasteiger partial charge in [0.25, 0.3) is 0 Å². The zero-order valence-electron chi connectivity index (χ0n) is 19.2. The molecule has 7 atom stereocenters. The van der Waals surface area contributed by atoms with Crippen molar-refractivity contribution in [3.8, 4) is 0 Å². The van der Waals surface area contributed by atoms with Gasteiger partial charge >= 0.3 is 5.97 Å². The van der Waals surface area contributed by atoms with E-state index in [2.05, 4.69) is 27.7 Å². The van der Waals surface area contributed by atoms with E-state index in [-0.39, 0.29) is 29.0 Å². The lowest BCUT2D eigenvalue weighted by Gasteiger charge is -2.52. The Morgan fingerprint density at radius 1 is 1.10 bits per heavy atom. The Balaban J connectivity index is 1.80. The molecule has 0 aliphatic heterocycles. The number of carbonyl (C=O) groups excluding carboxylic acids is 1. The maximum atomic E-state index is 12.8. The minimum Gasteiger partial charge on any atom is -0.481 e. The molecule has 1 N–H and O–H groups in total. The van der Waals surface area contributed by atoms with Crippen molar-refractivity contribution in [1.29, 1.82) is 0 Å². The number of carbonyl (C=O) groups is 2. The van der Waals surface area contributed by atoms with Crippen LogP contribution in [0.15, 0.2) is 12.2 Å². The molecule has 3 nitrogen and oxygen atoms in total. The van der Waals surface area contributed by atoms with Crippen molar-refractivity contribution in [3.05, 3.63) is 12.2 Å². The van der Waals surface area contributed by atoms with Crippen LogP contribution < -0.4 is 0 Å². The summed E-state index contributed by atoms with van der Waals surface area (Å²) >= 11 is 0. The summed E-state index contributed by atoms with van der Waals surface area (Å²) in [6, 6.07) is 0.